The maximum atomic E-state index is 9.60. The van der Waals surface area contributed by atoms with Gasteiger partial charge < -0.3 is 5.11 Å². The van der Waals surface area contributed by atoms with Crippen LogP contribution < -0.4 is 0 Å². The number of aliphatic carboxylic acids is 1. The van der Waals surface area contributed by atoms with Crippen molar-refractivity contribution in [2.24, 2.45) is 0 Å². The Balaban J connectivity index is -0.000000125. The third-order valence-electron chi connectivity index (χ3n) is 0.365. The Morgan fingerprint density at radius 2 is 1.62 bits per heavy atom. The van der Waals surface area contributed by atoms with Gasteiger partial charge in [0, 0.05) is 64.7 Å². The molecule has 0 heterocycles. The molecule has 0 bridgehead atoms. The molecule has 2 radical (unpaired) electrons. The fourth-order valence-electron chi connectivity index (χ4n) is 0. The summed E-state index contributed by atoms with van der Waals surface area (Å²) in [5.41, 5.74) is 0.176. The van der Waals surface area contributed by atoms with Crippen LogP contribution in [0.3, 0.4) is 0 Å². The van der Waals surface area contributed by atoms with Gasteiger partial charge in [-0.25, -0.2) is 4.79 Å². The number of carbonyl (C=O) groups is 1. The first-order valence-electron chi connectivity index (χ1n) is 1.53. The van der Waals surface area contributed by atoms with Gasteiger partial charge in [-0.3, -0.25) is 0 Å². The standard InChI is InChI=1S/C4H6O2.2Na/c1-3(2)4(5)6;;/h1H2,2H3,(H,5,6);;. The molecule has 2 nitrogen and oxygen atoms in total. The summed E-state index contributed by atoms with van der Waals surface area (Å²) in [6, 6.07) is 0. The summed E-state index contributed by atoms with van der Waals surface area (Å²) in [5, 5.41) is 7.89. The SMILES string of the molecule is C=C(C)C(=O)O.[Na].[Na]. The molecule has 36 valence electrons. The van der Waals surface area contributed by atoms with E-state index in [4.69, 9.17) is 5.11 Å². The minimum Gasteiger partial charge on any atom is -0.478 e. The summed E-state index contributed by atoms with van der Waals surface area (Å²) >= 11 is 0. The first-order valence-corrected chi connectivity index (χ1v) is 1.53. The van der Waals surface area contributed by atoms with Crippen molar-refractivity contribution < 1.29 is 9.90 Å². The van der Waals surface area contributed by atoms with Gasteiger partial charge in [0.2, 0.25) is 0 Å². The van der Waals surface area contributed by atoms with Gasteiger partial charge in [-0.15, -0.1) is 0 Å². The molecule has 1 N–H and O–H groups in total. The van der Waals surface area contributed by atoms with E-state index >= 15 is 0 Å². The van der Waals surface area contributed by atoms with Crippen LogP contribution in [0.1, 0.15) is 6.92 Å². The van der Waals surface area contributed by atoms with E-state index in [1.807, 2.05) is 0 Å². The van der Waals surface area contributed by atoms with E-state index in [0.717, 1.165) is 0 Å². The normalized spacial score (nSPS) is 5.62. The third-order valence-corrected chi connectivity index (χ3v) is 0.365. The zero-order valence-corrected chi connectivity index (χ0v) is 9.56. The van der Waals surface area contributed by atoms with Crippen LogP contribution in [-0.2, 0) is 4.79 Å². The molecule has 0 saturated carbocycles. The van der Waals surface area contributed by atoms with Crippen molar-refractivity contribution in [2.75, 3.05) is 0 Å². The molecule has 0 amide bonds. The third kappa shape index (κ3) is 10.2. The fraction of sp³-hybridized carbons (Fsp3) is 0.250. The summed E-state index contributed by atoms with van der Waals surface area (Å²) in [5.74, 6) is -0.935. The average Bonchev–Trinajstić information content (AvgIpc) is 1.36. The molecular weight excluding hydrogens is 126 g/mol. The molecular formula is C4H6Na2O2. The smallest absolute Gasteiger partial charge is 0.330 e. The van der Waals surface area contributed by atoms with Crippen molar-refractivity contribution in [1.82, 2.24) is 0 Å². The zero-order chi connectivity index (χ0) is 5.15. The van der Waals surface area contributed by atoms with Crippen LogP contribution in [0.25, 0.3) is 0 Å². The van der Waals surface area contributed by atoms with Gasteiger partial charge in [0.05, 0.1) is 0 Å². The average molecular weight is 132 g/mol. The van der Waals surface area contributed by atoms with Crippen LogP contribution in [-0.4, -0.2) is 70.2 Å². The van der Waals surface area contributed by atoms with Gasteiger partial charge >= 0.3 is 5.97 Å². The quantitative estimate of drug-likeness (QED) is 0.399. The number of rotatable bonds is 1. The second kappa shape index (κ2) is 8.21. The Kier molecular flexibility index (Phi) is 16.5. The summed E-state index contributed by atoms with van der Waals surface area (Å²) in [6.07, 6.45) is 0. The molecule has 0 atom stereocenters. The van der Waals surface area contributed by atoms with Crippen LogP contribution in [0.15, 0.2) is 12.2 Å². The molecule has 0 rings (SSSR count). The minimum atomic E-state index is -0.935. The molecule has 0 aromatic carbocycles. The molecule has 0 unspecified atom stereocenters. The molecule has 0 aromatic rings. The van der Waals surface area contributed by atoms with Crippen LogP contribution in [0, 0.1) is 0 Å². The summed E-state index contributed by atoms with van der Waals surface area (Å²) in [7, 11) is 0. The van der Waals surface area contributed by atoms with Crippen molar-refractivity contribution in [2.45, 2.75) is 6.92 Å². The first kappa shape index (κ1) is 16.1. The predicted octanol–water partition coefficient (Wildman–Crippen LogP) is -0.115. The Labute approximate surface area is 92.9 Å². The molecule has 4 heteroatoms. The molecule has 0 saturated heterocycles. The summed E-state index contributed by atoms with van der Waals surface area (Å²) in [4.78, 5) is 9.60. The molecule has 0 aliphatic carbocycles. The summed E-state index contributed by atoms with van der Waals surface area (Å²) < 4.78 is 0. The van der Waals surface area contributed by atoms with E-state index in [1.165, 1.54) is 6.92 Å². The van der Waals surface area contributed by atoms with Crippen molar-refractivity contribution >= 4 is 65.1 Å². The monoisotopic (exact) mass is 132 g/mol. The van der Waals surface area contributed by atoms with Gasteiger partial charge in [-0.05, 0) is 6.92 Å². The number of carboxylic acid groups (broad SMARTS) is 1. The van der Waals surface area contributed by atoms with Crippen LogP contribution in [0.4, 0.5) is 0 Å². The Bertz CT molecular complexity index is 78.0. The Hall–Kier alpha value is 1.21. The number of carboxylic acids is 1. The Morgan fingerprint density at radius 3 is 1.62 bits per heavy atom. The van der Waals surface area contributed by atoms with Crippen molar-refractivity contribution in [3.63, 3.8) is 0 Å². The van der Waals surface area contributed by atoms with Crippen molar-refractivity contribution in [3.8, 4) is 0 Å². The van der Waals surface area contributed by atoms with E-state index in [9.17, 15) is 4.79 Å². The maximum absolute atomic E-state index is 9.60. The maximum Gasteiger partial charge on any atom is 0.330 e. The predicted molar refractivity (Wildman–Crippen MR) is 34.0 cm³/mol. The largest absolute Gasteiger partial charge is 0.478 e. The van der Waals surface area contributed by atoms with Crippen molar-refractivity contribution in [3.05, 3.63) is 12.2 Å². The van der Waals surface area contributed by atoms with Gasteiger partial charge in [-0.1, -0.05) is 6.58 Å². The van der Waals surface area contributed by atoms with Crippen LogP contribution in [0.5, 0.6) is 0 Å². The van der Waals surface area contributed by atoms with E-state index in [2.05, 4.69) is 6.58 Å². The minimum absolute atomic E-state index is 0. The summed E-state index contributed by atoms with van der Waals surface area (Å²) in [6.45, 7) is 4.60. The van der Waals surface area contributed by atoms with Gasteiger partial charge in [0.15, 0.2) is 0 Å². The van der Waals surface area contributed by atoms with Crippen LogP contribution in [0.2, 0.25) is 0 Å². The van der Waals surface area contributed by atoms with E-state index in [0.29, 0.717) is 0 Å². The topological polar surface area (TPSA) is 37.3 Å². The zero-order valence-electron chi connectivity index (χ0n) is 5.56. The molecule has 0 aliphatic rings. The van der Waals surface area contributed by atoms with E-state index in [1.54, 1.807) is 0 Å². The van der Waals surface area contributed by atoms with Gasteiger partial charge in [0.25, 0.3) is 0 Å². The molecule has 0 aliphatic heterocycles. The van der Waals surface area contributed by atoms with E-state index in [-0.39, 0.29) is 64.7 Å². The van der Waals surface area contributed by atoms with Gasteiger partial charge in [0.1, 0.15) is 0 Å². The second-order valence-corrected chi connectivity index (χ2v) is 1.09. The Morgan fingerprint density at radius 1 is 1.50 bits per heavy atom. The van der Waals surface area contributed by atoms with Crippen molar-refractivity contribution in [1.29, 1.82) is 0 Å². The van der Waals surface area contributed by atoms with E-state index < -0.39 is 5.97 Å². The van der Waals surface area contributed by atoms with Gasteiger partial charge in [-0.2, -0.15) is 0 Å². The fourth-order valence-corrected chi connectivity index (χ4v) is 0. The second-order valence-electron chi connectivity index (χ2n) is 1.09. The molecule has 0 fully saturated rings. The first-order chi connectivity index (χ1) is 2.64. The molecule has 0 spiro atoms. The molecule has 0 aromatic heterocycles. The number of hydrogen-bond donors (Lipinski definition) is 1. The van der Waals surface area contributed by atoms with Crippen LogP contribution >= 0.6 is 0 Å². The number of hydrogen-bond acceptors (Lipinski definition) is 1. The molecule has 8 heavy (non-hydrogen) atoms.